The second kappa shape index (κ2) is 4.57. The van der Waals surface area contributed by atoms with Crippen LogP contribution in [0.4, 0.5) is 0 Å². The molecule has 4 nitrogen and oxygen atoms in total. The van der Waals surface area contributed by atoms with E-state index in [4.69, 9.17) is 0 Å². The molecule has 0 radical (unpaired) electrons. The first kappa shape index (κ1) is 10.4. The first-order chi connectivity index (χ1) is 7.25. The van der Waals surface area contributed by atoms with Crippen molar-refractivity contribution in [3.05, 3.63) is 18.0 Å². The number of hydrogen-bond donors (Lipinski definition) is 1. The zero-order valence-corrected chi connectivity index (χ0v) is 9.07. The summed E-state index contributed by atoms with van der Waals surface area (Å²) in [4.78, 5) is 11.7. The average molecular weight is 207 g/mol. The fourth-order valence-corrected chi connectivity index (χ4v) is 2.01. The fourth-order valence-electron chi connectivity index (χ4n) is 2.01. The highest BCUT2D eigenvalue weighted by atomic mass is 16.1. The summed E-state index contributed by atoms with van der Waals surface area (Å²) in [7, 11) is 1.83. The van der Waals surface area contributed by atoms with Crippen molar-refractivity contribution in [2.45, 2.75) is 19.3 Å². The molecule has 1 aliphatic heterocycles. The van der Waals surface area contributed by atoms with E-state index in [9.17, 15) is 4.79 Å². The van der Waals surface area contributed by atoms with Crippen molar-refractivity contribution in [2.24, 2.45) is 13.0 Å². The van der Waals surface area contributed by atoms with Gasteiger partial charge in [-0.05, 0) is 31.8 Å². The maximum absolute atomic E-state index is 11.7. The molecule has 4 heteroatoms. The predicted octanol–water partition coefficient (Wildman–Crippen LogP) is 0.992. The zero-order valence-electron chi connectivity index (χ0n) is 9.07. The normalized spacial score (nSPS) is 20.7. The number of carbonyl (C=O) groups excluding carboxylic acids is 1. The smallest absolute Gasteiger partial charge is 0.166 e. The number of rotatable bonds is 4. The van der Waals surface area contributed by atoms with Gasteiger partial charge in [0, 0.05) is 19.7 Å². The van der Waals surface area contributed by atoms with E-state index in [1.807, 2.05) is 7.05 Å². The first-order valence-electron chi connectivity index (χ1n) is 5.48. The Bertz CT molecular complexity index is 339. The number of ketones is 1. The summed E-state index contributed by atoms with van der Waals surface area (Å²) in [6, 6.07) is 0. The van der Waals surface area contributed by atoms with Gasteiger partial charge < -0.3 is 5.32 Å². The predicted molar refractivity (Wildman–Crippen MR) is 57.7 cm³/mol. The zero-order chi connectivity index (χ0) is 10.7. The molecule has 0 bridgehead atoms. The maximum Gasteiger partial charge on any atom is 0.166 e. The van der Waals surface area contributed by atoms with Crippen LogP contribution in [0, 0.1) is 5.92 Å². The molecule has 0 aromatic carbocycles. The van der Waals surface area contributed by atoms with E-state index >= 15 is 0 Å². The lowest BCUT2D eigenvalue weighted by Crippen LogP contribution is -2.10. The molecule has 2 rings (SSSR count). The molecular weight excluding hydrogens is 190 g/mol. The molecule has 1 atom stereocenters. The molecule has 1 fully saturated rings. The van der Waals surface area contributed by atoms with E-state index in [0.29, 0.717) is 12.3 Å². The molecule has 0 spiro atoms. The minimum atomic E-state index is 0.218. The van der Waals surface area contributed by atoms with Crippen molar-refractivity contribution in [3.8, 4) is 0 Å². The van der Waals surface area contributed by atoms with Gasteiger partial charge in [-0.25, -0.2) is 0 Å². The second-order valence-corrected chi connectivity index (χ2v) is 4.22. The lowest BCUT2D eigenvalue weighted by Gasteiger charge is -2.05. The minimum Gasteiger partial charge on any atom is -0.316 e. The number of nitrogens with zero attached hydrogens (tertiary/aromatic N) is 2. The Morgan fingerprint density at radius 3 is 3.20 bits per heavy atom. The van der Waals surface area contributed by atoms with Gasteiger partial charge in [0.15, 0.2) is 5.78 Å². The Morgan fingerprint density at radius 2 is 2.60 bits per heavy atom. The van der Waals surface area contributed by atoms with Gasteiger partial charge >= 0.3 is 0 Å². The maximum atomic E-state index is 11.7. The van der Waals surface area contributed by atoms with Gasteiger partial charge in [-0.3, -0.25) is 9.48 Å². The van der Waals surface area contributed by atoms with Crippen LogP contribution in [0.3, 0.4) is 0 Å². The summed E-state index contributed by atoms with van der Waals surface area (Å²) in [5.74, 6) is 0.903. The van der Waals surface area contributed by atoms with E-state index in [1.54, 1.807) is 17.1 Å². The van der Waals surface area contributed by atoms with Gasteiger partial charge in [0.25, 0.3) is 0 Å². The molecule has 1 aromatic heterocycles. The van der Waals surface area contributed by atoms with Crippen molar-refractivity contribution in [1.82, 2.24) is 15.1 Å². The lowest BCUT2D eigenvalue weighted by molar-refractivity contribution is 0.0974. The monoisotopic (exact) mass is 207 g/mol. The van der Waals surface area contributed by atoms with Crippen molar-refractivity contribution in [3.63, 3.8) is 0 Å². The Hall–Kier alpha value is -1.16. The molecule has 15 heavy (non-hydrogen) atoms. The molecule has 1 aromatic rings. The van der Waals surface area contributed by atoms with Gasteiger partial charge in [-0.2, -0.15) is 5.10 Å². The van der Waals surface area contributed by atoms with Crippen LogP contribution in [-0.4, -0.2) is 28.7 Å². The van der Waals surface area contributed by atoms with Crippen LogP contribution in [0.5, 0.6) is 0 Å². The molecule has 0 saturated carbocycles. The molecule has 1 unspecified atom stereocenters. The molecule has 2 heterocycles. The molecule has 1 aliphatic rings. The molecule has 0 amide bonds. The third-order valence-electron chi connectivity index (χ3n) is 2.97. The highest BCUT2D eigenvalue weighted by Gasteiger charge is 2.16. The van der Waals surface area contributed by atoms with Gasteiger partial charge in [0.2, 0.25) is 0 Å². The molecule has 1 saturated heterocycles. The number of Topliss-reactive ketones (excluding diaryl/α,β-unsaturated/α-hetero) is 1. The van der Waals surface area contributed by atoms with Gasteiger partial charge in [0.05, 0.1) is 11.8 Å². The topological polar surface area (TPSA) is 46.9 Å². The Kier molecular flexibility index (Phi) is 3.16. The van der Waals surface area contributed by atoms with E-state index in [2.05, 4.69) is 10.4 Å². The van der Waals surface area contributed by atoms with E-state index in [-0.39, 0.29) is 5.78 Å². The first-order valence-corrected chi connectivity index (χ1v) is 5.48. The third kappa shape index (κ3) is 2.65. The minimum absolute atomic E-state index is 0.218. The summed E-state index contributed by atoms with van der Waals surface area (Å²) in [6.07, 6.45) is 6.30. The highest BCUT2D eigenvalue weighted by molar-refractivity contribution is 5.95. The van der Waals surface area contributed by atoms with Crippen molar-refractivity contribution in [2.75, 3.05) is 13.1 Å². The standard InChI is InChI=1S/C11H17N3O/c1-14-8-10(7-13-14)11(15)3-2-9-4-5-12-6-9/h7-9,12H,2-6H2,1H3. The van der Waals surface area contributed by atoms with Crippen molar-refractivity contribution in [1.29, 1.82) is 0 Å². The van der Waals surface area contributed by atoms with Crippen LogP contribution < -0.4 is 5.32 Å². The van der Waals surface area contributed by atoms with Gasteiger partial charge in [0.1, 0.15) is 0 Å². The van der Waals surface area contributed by atoms with Crippen LogP contribution >= 0.6 is 0 Å². The summed E-state index contributed by atoms with van der Waals surface area (Å²) >= 11 is 0. The Balaban J connectivity index is 1.81. The Labute approximate surface area is 89.7 Å². The second-order valence-electron chi connectivity index (χ2n) is 4.22. The summed E-state index contributed by atoms with van der Waals surface area (Å²) in [5.41, 5.74) is 0.739. The Morgan fingerprint density at radius 1 is 1.73 bits per heavy atom. The highest BCUT2D eigenvalue weighted by Crippen LogP contribution is 2.16. The SMILES string of the molecule is Cn1cc(C(=O)CCC2CCNC2)cn1. The molecule has 0 aliphatic carbocycles. The van der Waals surface area contributed by atoms with Crippen LogP contribution in [0.2, 0.25) is 0 Å². The number of carbonyl (C=O) groups is 1. The van der Waals surface area contributed by atoms with Gasteiger partial charge in [-0.15, -0.1) is 0 Å². The van der Waals surface area contributed by atoms with Crippen molar-refractivity contribution >= 4 is 5.78 Å². The summed E-state index contributed by atoms with van der Waals surface area (Å²) in [5, 5.41) is 7.31. The van der Waals surface area contributed by atoms with Crippen LogP contribution in [0.1, 0.15) is 29.6 Å². The lowest BCUT2D eigenvalue weighted by atomic mass is 9.99. The molecular formula is C11H17N3O. The largest absolute Gasteiger partial charge is 0.316 e. The van der Waals surface area contributed by atoms with Crippen LogP contribution in [0.25, 0.3) is 0 Å². The summed E-state index contributed by atoms with van der Waals surface area (Å²) < 4.78 is 1.67. The number of hydrogen-bond acceptors (Lipinski definition) is 3. The number of aromatic nitrogens is 2. The quantitative estimate of drug-likeness (QED) is 0.749. The molecule has 82 valence electrons. The van der Waals surface area contributed by atoms with E-state index in [1.165, 1.54) is 6.42 Å². The third-order valence-corrected chi connectivity index (χ3v) is 2.97. The summed E-state index contributed by atoms with van der Waals surface area (Å²) in [6.45, 7) is 2.17. The van der Waals surface area contributed by atoms with Crippen LogP contribution in [0.15, 0.2) is 12.4 Å². The fraction of sp³-hybridized carbons (Fsp3) is 0.636. The molecule has 1 N–H and O–H groups in total. The van der Waals surface area contributed by atoms with Gasteiger partial charge in [-0.1, -0.05) is 0 Å². The average Bonchev–Trinajstić information content (AvgIpc) is 2.84. The number of nitrogens with one attached hydrogen (secondary N) is 1. The number of aryl methyl sites for hydroxylation is 1. The van der Waals surface area contributed by atoms with Crippen LogP contribution in [-0.2, 0) is 7.05 Å². The van der Waals surface area contributed by atoms with Crippen molar-refractivity contribution < 1.29 is 4.79 Å². The van der Waals surface area contributed by atoms with E-state index < -0.39 is 0 Å². The van der Waals surface area contributed by atoms with E-state index in [0.717, 1.165) is 25.1 Å².